The zero-order valence-corrected chi connectivity index (χ0v) is 51.9. The van der Waals surface area contributed by atoms with Crippen LogP contribution in [0.1, 0.15) is 158 Å². The van der Waals surface area contributed by atoms with Gasteiger partial charge in [-0.3, -0.25) is 20.0 Å². The molecule has 0 N–H and O–H groups in total. The Morgan fingerprint density at radius 2 is 0.500 bits per heavy atom. The van der Waals surface area contributed by atoms with E-state index in [1.807, 2.05) is 74.9 Å². The average Bonchev–Trinajstić information content (AvgIpc) is 4.19. The van der Waals surface area contributed by atoms with E-state index in [4.69, 9.17) is 0 Å². The Hall–Kier alpha value is -4.35. The molecular weight excluding hydrogens is 1180 g/mol. The second-order valence-corrected chi connectivity index (χ2v) is 18.0. The van der Waals surface area contributed by atoms with Crippen molar-refractivity contribution in [1.29, 1.82) is 0 Å². The van der Waals surface area contributed by atoms with Gasteiger partial charge in [0, 0.05) is 98.6 Å². The third kappa shape index (κ3) is 51.7. The van der Waals surface area contributed by atoms with Gasteiger partial charge in [-0.15, -0.1) is 23.0 Å². The maximum atomic E-state index is 10.7. The summed E-state index contributed by atoms with van der Waals surface area (Å²) in [7, 11) is 0. The molecular formula is C56H88Br2Co2N12O4. The van der Waals surface area contributed by atoms with E-state index in [0.29, 0.717) is 49.0 Å². The predicted molar refractivity (Wildman–Crippen MR) is 290 cm³/mol. The number of halogens is 2. The molecule has 0 amide bonds. The quantitative estimate of drug-likeness (QED) is 0.0402. The predicted octanol–water partition coefficient (Wildman–Crippen LogP) is 2.68. The van der Waals surface area contributed by atoms with Crippen LogP contribution in [-0.4, -0.2) is 87.2 Å². The van der Waals surface area contributed by atoms with Crippen molar-refractivity contribution in [3.8, 4) is 0 Å². The molecule has 4 aromatic rings. The zero-order chi connectivity index (χ0) is 52.9. The molecule has 0 saturated carbocycles. The second kappa shape index (κ2) is 54.0. The van der Waals surface area contributed by atoms with Gasteiger partial charge in [0.15, 0.2) is 0 Å². The van der Waals surface area contributed by atoms with E-state index in [-0.39, 0.29) is 90.6 Å². The Labute approximate surface area is 498 Å². The standard InChI is InChI=1S/2C16H26N4.2C12H20N2O2.2BrH.2Co/c2*1(3-5-7-11-19-13-9-17-15-19)2-4-6-8-12-20-14-10-18-16-20;2*1-9(7-11(3)15)13-5-6-14-10(2)8-12(4)16;;;;/h2*9-10,13-16H,1-8,11-12H2;2*7-8,15-16H,5-6H2,1-4H3;2*1H;;/q;;;;;;2*+3/p-6/b;;2*11-7-,12-8-,13-9?,14-10?;;;;. The van der Waals surface area contributed by atoms with E-state index >= 15 is 0 Å². The number of rotatable bonds is 32. The van der Waals surface area contributed by atoms with Crippen LogP contribution in [0.4, 0.5) is 0 Å². The molecule has 0 bridgehead atoms. The summed E-state index contributed by atoms with van der Waals surface area (Å²) >= 11 is 0. The normalized spacial score (nSPS) is 12.3. The Morgan fingerprint density at radius 3 is 0.645 bits per heavy atom. The molecule has 4 rings (SSSR count). The monoisotopic (exact) mass is 1270 g/mol. The molecule has 0 aliphatic rings. The summed E-state index contributed by atoms with van der Waals surface area (Å²) in [5, 5.41) is 42.8. The van der Waals surface area contributed by atoms with Crippen LogP contribution >= 0.6 is 0 Å². The van der Waals surface area contributed by atoms with Gasteiger partial charge in [-0.2, -0.15) is 0 Å². The second-order valence-electron chi connectivity index (χ2n) is 18.0. The van der Waals surface area contributed by atoms with Crippen molar-refractivity contribution >= 4 is 22.8 Å². The fraction of sp³-hybridized carbons (Fsp3) is 0.571. The molecule has 4 heterocycles. The Balaban J connectivity index is -0.000000450. The first-order valence-corrected chi connectivity index (χ1v) is 26.0. The van der Waals surface area contributed by atoms with Crippen molar-refractivity contribution in [2.75, 3.05) is 26.2 Å². The number of aromatic nitrogens is 8. The molecule has 0 fully saturated rings. The Morgan fingerprint density at radius 1 is 0.329 bits per heavy atom. The molecule has 76 heavy (non-hydrogen) atoms. The molecule has 0 radical (unpaired) electrons. The van der Waals surface area contributed by atoms with Crippen molar-refractivity contribution in [2.45, 2.75) is 184 Å². The molecule has 0 atom stereocenters. The molecule has 4 aromatic heterocycles. The van der Waals surface area contributed by atoms with Crippen molar-refractivity contribution in [2.24, 2.45) is 20.0 Å². The van der Waals surface area contributed by atoms with Crippen LogP contribution in [0, 0.1) is 0 Å². The molecule has 0 spiro atoms. The van der Waals surface area contributed by atoms with E-state index < -0.39 is 0 Å². The van der Waals surface area contributed by atoms with Gasteiger partial charge < -0.3 is 72.7 Å². The van der Waals surface area contributed by atoms with Crippen LogP contribution in [0.3, 0.4) is 0 Å². The molecule has 0 unspecified atom stereocenters. The molecule has 0 aliphatic heterocycles. The summed E-state index contributed by atoms with van der Waals surface area (Å²) in [6.45, 7) is 19.6. The molecule has 428 valence electrons. The number of imidazole rings is 4. The van der Waals surface area contributed by atoms with Gasteiger partial charge in [-0.25, -0.2) is 19.9 Å². The molecule has 0 aromatic carbocycles. The number of hydrogen-bond donors (Lipinski definition) is 0. The minimum Gasteiger partial charge on any atom is -1.00 e. The van der Waals surface area contributed by atoms with Crippen molar-refractivity contribution in [3.05, 3.63) is 122 Å². The van der Waals surface area contributed by atoms with Crippen LogP contribution in [-0.2, 0) is 59.7 Å². The maximum Gasteiger partial charge on any atom is 3.00 e. The summed E-state index contributed by atoms with van der Waals surface area (Å²) < 4.78 is 8.65. The topological polar surface area (TPSA) is 213 Å². The average molecular weight is 1270 g/mol. The summed E-state index contributed by atoms with van der Waals surface area (Å²) in [6.07, 6.45) is 50.6. The fourth-order valence-electron chi connectivity index (χ4n) is 7.24. The number of allylic oxidation sites excluding steroid dienone is 8. The maximum absolute atomic E-state index is 10.7. The van der Waals surface area contributed by atoms with E-state index in [0.717, 1.165) is 26.2 Å². The van der Waals surface area contributed by atoms with Crippen molar-refractivity contribution in [1.82, 2.24) is 38.2 Å². The zero-order valence-electron chi connectivity index (χ0n) is 46.6. The molecule has 0 aliphatic carbocycles. The molecule has 0 saturated heterocycles. The van der Waals surface area contributed by atoms with E-state index in [2.05, 4.69) is 58.2 Å². The summed E-state index contributed by atoms with van der Waals surface area (Å²) in [4.78, 5) is 32.8. The number of aliphatic imine (C=N–C) groups is 4. The van der Waals surface area contributed by atoms with Crippen molar-refractivity contribution in [3.63, 3.8) is 0 Å². The van der Waals surface area contributed by atoms with Gasteiger partial charge in [-0.1, -0.05) is 129 Å². The van der Waals surface area contributed by atoms with Crippen LogP contribution in [0.5, 0.6) is 0 Å². The Kier molecular flexibility index (Phi) is 55.6. The minimum atomic E-state index is -0.00848. The number of unbranched alkanes of at least 4 members (excludes halogenated alkanes) is 14. The van der Waals surface area contributed by atoms with Crippen LogP contribution in [0.15, 0.2) is 142 Å². The SMILES string of the molecule is CC(/C=C(/C)[O-])=NCCN=C(C)/C=C(/C)[O-].CC(/C=C(/C)[O-])=NCCN=C(C)/C=C(/C)[O-].[Br-].[Br-].[Co+3].[Co+3].c1cn(CCCCCCCCCCn2ccnc2)cn1.c1cn(CCCCCCCCCCn2ccnc2)cn1. The smallest absolute Gasteiger partial charge is 1.00 e. The third-order valence-electron chi connectivity index (χ3n) is 10.7. The number of nitrogens with zero attached hydrogens (tertiary/aromatic N) is 12. The number of aryl methyl sites for hydroxylation is 4. The largest absolute Gasteiger partial charge is 3.00 e. The van der Waals surface area contributed by atoms with Gasteiger partial charge >= 0.3 is 33.6 Å². The van der Waals surface area contributed by atoms with Crippen molar-refractivity contribution < 1.29 is 87.9 Å². The van der Waals surface area contributed by atoms with E-state index in [1.165, 1.54) is 155 Å². The van der Waals surface area contributed by atoms with Gasteiger partial charge in [0.2, 0.25) is 0 Å². The van der Waals surface area contributed by atoms with Crippen LogP contribution in [0.25, 0.3) is 0 Å². The van der Waals surface area contributed by atoms with Crippen LogP contribution < -0.4 is 54.4 Å². The minimum absolute atomic E-state index is 0. The molecule has 16 nitrogen and oxygen atoms in total. The molecule has 20 heteroatoms. The van der Waals surface area contributed by atoms with E-state index in [9.17, 15) is 20.4 Å². The summed E-state index contributed by atoms with van der Waals surface area (Å²) in [5.74, 6) is -0.0339. The van der Waals surface area contributed by atoms with Crippen LogP contribution in [0.2, 0.25) is 0 Å². The fourth-order valence-corrected chi connectivity index (χ4v) is 7.24. The first kappa shape index (κ1) is 78.1. The Bertz CT molecular complexity index is 1830. The van der Waals surface area contributed by atoms with Gasteiger partial charge in [-0.05, 0) is 53.4 Å². The first-order chi connectivity index (χ1) is 34.7. The van der Waals surface area contributed by atoms with Gasteiger partial charge in [0.1, 0.15) is 0 Å². The first-order valence-electron chi connectivity index (χ1n) is 26.0. The number of hydrogen-bond acceptors (Lipinski definition) is 12. The van der Waals surface area contributed by atoms with E-state index in [1.54, 1.807) is 27.7 Å². The summed E-state index contributed by atoms with van der Waals surface area (Å²) in [6, 6.07) is 0. The van der Waals surface area contributed by atoms with Gasteiger partial charge in [0.25, 0.3) is 0 Å². The summed E-state index contributed by atoms with van der Waals surface area (Å²) in [5.41, 5.74) is 2.82. The van der Waals surface area contributed by atoms with Gasteiger partial charge in [0.05, 0.1) is 51.5 Å². The third-order valence-corrected chi connectivity index (χ3v) is 10.7.